The third-order valence-electron chi connectivity index (χ3n) is 30.7. The Morgan fingerprint density at radius 3 is 0.755 bits per heavy atom. The van der Waals surface area contributed by atoms with Gasteiger partial charge in [-0.1, -0.05) is 295 Å². The molecule has 0 bridgehead atoms. The zero-order valence-corrected chi connectivity index (χ0v) is 84.4. The summed E-state index contributed by atoms with van der Waals surface area (Å²) in [6, 6.07) is 146. The second kappa shape index (κ2) is 37.3. The fraction of sp³-hybridized carbons (Fsp3) is 0.194. The highest BCUT2D eigenvalue weighted by atomic mass is 16.5. The van der Waals surface area contributed by atoms with Crippen molar-refractivity contribution in [3.63, 3.8) is 0 Å². The molecule has 0 radical (unpaired) electrons. The van der Waals surface area contributed by atoms with Crippen molar-refractivity contribution in [2.75, 3.05) is 36.0 Å². The summed E-state index contributed by atoms with van der Waals surface area (Å²) in [5, 5.41) is 7.09. The third-order valence-corrected chi connectivity index (χ3v) is 30.7. The second-order valence-corrected chi connectivity index (χ2v) is 41.6. The van der Waals surface area contributed by atoms with E-state index >= 15 is 0 Å². The Balaban J connectivity index is 0.637. The van der Waals surface area contributed by atoms with Crippen LogP contribution < -0.4 is 43.1 Å². The first-order valence-corrected chi connectivity index (χ1v) is 50.4. The van der Waals surface area contributed by atoms with Gasteiger partial charge in [-0.05, 0) is 361 Å². The number of benzene rings is 19. The van der Waals surface area contributed by atoms with Crippen LogP contribution in [0.25, 0.3) is 65.7 Å². The van der Waals surface area contributed by atoms with E-state index in [0.29, 0.717) is 26.2 Å². The average molecular weight is 1870 g/mol. The number of hydrogen-bond donors (Lipinski definition) is 0. The van der Waals surface area contributed by atoms with E-state index < -0.39 is 5.41 Å². The van der Waals surface area contributed by atoms with Crippen molar-refractivity contribution in [2.45, 2.75) is 149 Å². The van der Waals surface area contributed by atoms with Gasteiger partial charge in [-0.25, -0.2) is 0 Å². The number of methoxy groups -OCH3 is 3. The van der Waals surface area contributed by atoms with Gasteiger partial charge in [0, 0.05) is 72.8 Å². The number of fused-ring (bicyclic) bond motifs is 12. The summed E-state index contributed by atoms with van der Waals surface area (Å²) in [6.45, 7) is 29.0. The first-order valence-electron chi connectivity index (χ1n) is 50.4. The Bertz CT molecular complexity index is 7420. The molecule has 3 aliphatic carbocycles. The number of rotatable bonds is 29. The van der Waals surface area contributed by atoms with E-state index in [9.17, 15) is 0 Å². The highest BCUT2D eigenvalue weighted by Crippen LogP contribution is 2.58. The van der Waals surface area contributed by atoms with Gasteiger partial charge in [-0.15, -0.1) is 0 Å². The highest BCUT2D eigenvalue weighted by Gasteiger charge is 2.45. The predicted molar refractivity (Wildman–Crippen MR) is 593 cm³/mol. The van der Waals surface area contributed by atoms with Crippen molar-refractivity contribution in [2.24, 2.45) is 0 Å². The van der Waals surface area contributed by atoms with Gasteiger partial charge in [0.15, 0.2) is 0 Å². The molecule has 708 valence electrons. The van der Waals surface area contributed by atoms with E-state index in [-0.39, 0.29) is 34.0 Å². The molecule has 0 unspecified atom stereocenters. The molecule has 19 aromatic carbocycles. The Morgan fingerprint density at radius 1 is 0.217 bits per heavy atom. The SMILES string of the molecule is COc1ccc2c(c1)C(C)(C)c1cc(N(c3cccc(COc4ccc(C(Cc5ccccc5)(c5ccc(OCc6cccc(N(c7ccc8c(c7)C(C)(C)c7cc(OC)ccc7-8)c7ccc8ccccc8c7)c6)cc5C(C)C)c5ccc(OCc6cccc(N(c7ccc8c(c7)C(C)(C)c7cc(OC)ccc7-8)c7ccc8ccccc8c7)c6)cc5C(C)C)c(C(C)C)c4)c3)c3ccc4ccccc4c3)ccc1-2. The highest BCUT2D eigenvalue weighted by molar-refractivity contribution is 5.96. The van der Waals surface area contributed by atoms with Crippen molar-refractivity contribution in [1.82, 2.24) is 0 Å². The van der Waals surface area contributed by atoms with Gasteiger partial charge in [0.25, 0.3) is 0 Å². The van der Waals surface area contributed by atoms with Crippen molar-refractivity contribution in [1.29, 1.82) is 0 Å². The fourth-order valence-corrected chi connectivity index (χ4v) is 23.2. The number of nitrogens with zero attached hydrogens (tertiary/aromatic N) is 3. The molecule has 22 rings (SSSR count). The van der Waals surface area contributed by atoms with Crippen LogP contribution in [0.5, 0.6) is 34.5 Å². The maximum atomic E-state index is 7.28. The molecule has 9 heteroatoms. The number of ether oxygens (including phenoxy) is 6. The second-order valence-electron chi connectivity index (χ2n) is 41.6. The van der Waals surface area contributed by atoms with Gasteiger partial charge in [0.1, 0.15) is 54.3 Å². The molecule has 143 heavy (non-hydrogen) atoms. The zero-order chi connectivity index (χ0) is 98.3. The van der Waals surface area contributed by atoms with Crippen LogP contribution in [0.15, 0.2) is 394 Å². The van der Waals surface area contributed by atoms with E-state index in [2.05, 4.69) is 492 Å². The summed E-state index contributed by atoms with van der Waals surface area (Å²) in [5.41, 5.74) is 34.5. The average Bonchev–Trinajstić information content (AvgIpc) is 1.58. The molecule has 0 saturated carbocycles. The van der Waals surface area contributed by atoms with Gasteiger partial charge < -0.3 is 43.1 Å². The molecule has 0 amide bonds. The van der Waals surface area contributed by atoms with Crippen LogP contribution in [-0.2, 0) is 47.9 Å². The lowest BCUT2D eigenvalue weighted by atomic mass is 9.60. The third kappa shape index (κ3) is 16.9. The minimum Gasteiger partial charge on any atom is -0.497 e. The summed E-state index contributed by atoms with van der Waals surface area (Å²) in [7, 11) is 5.25. The van der Waals surface area contributed by atoms with E-state index in [1.807, 2.05) is 0 Å². The van der Waals surface area contributed by atoms with E-state index in [4.69, 9.17) is 28.4 Å². The van der Waals surface area contributed by atoms with E-state index in [1.165, 1.54) is 138 Å². The smallest absolute Gasteiger partial charge is 0.120 e. The van der Waals surface area contributed by atoms with Gasteiger partial charge in [0.05, 0.1) is 21.3 Å². The Morgan fingerprint density at radius 2 is 0.462 bits per heavy atom. The van der Waals surface area contributed by atoms with Crippen LogP contribution in [0.3, 0.4) is 0 Å². The summed E-state index contributed by atoms with van der Waals surface area (Å²) in [4.78, 5) is 7.22. The van der Waals surface area contributed by atoms with E-state index in [0.717, 1.165) is 102 Å². The molecule has 0 aliphatic heterocycles. The summed E-state index contributed by atoms with van der Waals surface area (Å²) >= 11 is 0. The minimum absolute atomic E-state index is 0.0401. The molecule has 9 nitrogen and oxygen atoms in total. The largest absolute Gasteiger partial charge is 0.497 e. The molecular formula is C134H121N3O6. The van der Waals surface area contributed by atoms with Crippen LogP contribution in [-0.4, -0.2) is 21.3 Å². The summed E-state index contributed by atoms with van der Waals surface area (Å²) in [6.07, 6.45) is 0.630. The van der Waals surface area contributed by atoms with Crippen molar-refractivity contribution >= 4 is 83.5 Å². The van der Waals surface area contributed by atoms with Gasteiger partial charge >= 0.3 is 0 Å². The fourth-order valence-electron chi connectivity index (χ4n) is 23.2. The Labute approximate surface area is 842 Å². The van der Waals surface area contributed by atoms with Crippen LogP contribution in [0.2, 0.25) is 0 Å². The lowest BCUT2D eigenvalue weighted by Crippen LogP contribution is -2.36. The molecular weight excluding hydrogens is 1750 g/mol. The molecule has 0 fully saturated rings. The molecule has 0 N–H and O–H groups in total. The van der Waals surface area contributed by atoms with Gasteiger partial charge in [-0.3, -0.25) is 0 Å². The quantitative estimate of drug-likeness (QED) is 0.0427. The molecule has 0 spiro atoms. The van der Waals surface area contributed by atoms with Crippen LogP contribution in [0.1, 0.15) is 190 Å². The first-order chi connectivity index (χ1) is 69.4. The van der Waals surface area contributed by atoms with Crippen molar-refractivity contribution in [3.8, 4) is 67.9 Å². The Kier molecular flexibility index (Phi) is 24.1. The lowest BCUT2D eigenvalue weighted by molar-refractivity contribution is 0.305. The van der Waals surface area contributed by atoms with Crippen molar-refractivity contribution < 1.29 is 28.4 Å². The van der Waals surface area contributed by atoms with E-state index in [1.54, 1.807) is 21.3 Å². The normalized spacial score (nSPS) is 13.3. The number of anilines is 9. The van der Waals surface area contributed by atoms with Crippen LogP contribution >= 0.6 is 0 Å². The maximum Gasteiger partial charge on any atom is 0.120 e. The standard InChI is InChI=1S/C134H121N3O6/c1-85(2)119-75-110(141-82-89-30-25-39-98(66-89)135(101-45-42-92-33-19-22-36-95(92)69-101)104-48-57-113-116-60-51-107(138-13)78-128(116)131(7,8)125(113)72-104)54-63-122(119)134(81-88-28-17-16-18-29-88,123-64-55-111(76-120(123)86(3)4)142-83-90-31-26-40-99(67-90)136(102-46-43-93-34-20-23-37-96(93)70-102)105-49-58-114-117-61-52-108(139-14)79-129(117)132(9,10)126(114)73-105)124-65-56-112(77-121(124)87(5)6)143-84-91-32-27-41-100(68-91)137(103-47-44-94-35-21-24-38-97(94)71-103)106-50-59-115-118-62-53-109(140-15)80-130(118)133(11,12)127(115)74-106/h16-80,85-87H,81-84H2,1-15H3. The van der Waals surface area contributed by atoms with Gasteiger partial charge in [-0.2, -0.15) is 0 Å². The molecule has 0 heterocycles. The molecule has 0 atom stereocenters. The monoisotopic (exact) mass is 1870 g/mol. The number of hydrogen-bond acceptors (Lipinski definition) is 9. The van der Waals surface area contributed by atoms with Crippen molar-refractivity contribution in [3.05, 3.63) is 483 Å². The maximum absolute atomic E-state index is 7.28. The zero-order valence-electron chi connectivity index (χ0n) is 84.4. The predicted octanol–water partition coefficient (Wildman–Crippen LogP) is 35.2. The van der Waals surface area contributed by atoms with Gasteiger partial charge in [0.2, 0.25) is 0 Å². The molecule has 3 aliphatic rings. The summed E-state index contributed by atoms with van der Waals surface area (Å²) < 4.78 is 39.3. The van der Waals surface area contributed by atoms with Crippen LogP contribution in [0, 0.1) is 0 Å². The lowest BCUT2D eigenvalue weighted by Gasteiger charge is -2.42. The first kappa shape index (κ1) is 92.2. The molecule has 19 aromatic rings. The minimum atomic E-state index is -0.843. The Hall–Kier alpha value is -15.8. The topological polar surface area (TPSA) is 65.1 Å². The summed E-state index contributed by atoms with van der Waals surface area (Å²) in [5.74, 6) is 5.08. The molecule has 0 aromatic heterocycles. The van der Waals surface area contributed by atoms with Crippen LogP contribution in [0.4, 0.5) is 51.2 Å². The molecule has 0 saturated heterocycles.